The summed E-state index contributed by atoms with van der Waals surface area (Å²) in [5.74, 6) is -1.08. The van der Waals surface area contributed by atoms with Gasteiger partial charge in [0.25, 0.3) is 0 Å². The minimum atomic E-state index is -3.91. The zero-order chi connectivity index (χ0) is 23.7. The number of carbonyl (C=O) groups is 1. The molecule has 0 spiro atoms. The summed E-state index contributed by atoms with van der Waals surface area (Å²) in [5.41, 5.74) is 1.68. The molecule has 0 saturated heterocycles. The Bertz CT molecular complexity index is 1120. The smallest absolute Gasteiger partial charge is 0.329 e. The summed E-state index contributed by atoms with van der Waals surface area (Å²) >= 11 is 6.08. The van der Waals surface area contributed by atoms with Crippen molar-refractivity contribution in [1.82, 2.24) is 4.31 Å². The highest BCUT2D eigenvalue weighted by atomic mass is 35.5. The fourth-order valence-electron chi connectivity index (χ4n) is 3.96. The minimum absolute atomic E-state index is 0.00592. The molecule has 0 fully saturated rings. The highest BCUT2D eigenvalue weighted by Gasteiger charge is 2.48. The van der Waals surface area contributed by atoms with Crippen molar-refractivity contribution >= 4 is 27.6 Å². The molecule has 2 unspecified atom stereocenters. The molecule has 2 aromatic rings. The Balaban J connectivity index is 2.16. The summed E-state index contributed by atoms with van der Waals surface area (Å²) in [6, 6.07) is 12.8. The van der Waals surface area contributed by atoms with Crippen molar-refractivity contribution in [1.29, 1.82) is 0 Å². The first-order valence-electron chi connectivity index (χ1n) is 10.3. The Morgan fingerprint density at radius 3 is 2.31 bits per heavy atom. The number of aryl methyl sites for hydroxylation is 1. The lowest BCUT2D eigenvalue weighted by Gasteiger charge is -2.37. The standard InChI is InChI=1S/C24H28ClNO5S/c1-16-7-5-6-8-20(16)32(29,30)26-21(24(2,3)4)13-18(14-31-15-22(27)28)23(26)17-9-11-19(25)12-10-17/h5-13,21,23H,14-15H2,1-4H3,(H,27,28). The third-order valence-electron chi connectivity index (χ3n) is 5.47. The summed E-state index contributed by atoms with van der Waals surface area (Å²) in [5, 5.41) is 9.52. The van der Waals surface area contributed by atoms with Crippen LogP contribution >= 0.6 is 11.6 Å². The first-order chi connectivity index (χ1) is 14.9. The van der Waals surface area contributed by atoms with Crippen LogP contribution in [0.15, 0.2) is 65.1 Å². The third kappa shape index (κ3) is 5.07. The SMILES string of the molecule is Cc1ccccc1S(=O)(=O)N1C(c2ccc(Cl)cc2)C(COCC(=O)O)=CC1C(C)(C)C. The number of carboxylic acid groups (broad SMARTS) is 1. The zero-order valence-corrected chi connectivity index (χ0v) is 20.2. The summed E-state index contributed by atoms with van der Waals surface area (Å²) in [6.07, 6.45) is 1.90. The second-order valence-electron chi connectivity index (χ2n) is 8.99. The molecule has 0 radical (unpaired) electrons. The van der Waals surface area contributed by atoms with Gasteiger partial charge in [0, 0.05) is 11.1 Å². The van der Waals surface area contributed by atoms with Crippen molar-refractivity contribution in [2.24, 2.45) is 5.41 Å². The normalized spacial score (nSPS) is 19.7. The summed E-state index contributed by atoms with van der Waals surface area (Å²) in [7, 11) is -3.91. The lowest BCUT2D eigenvalue weighted by Crippen LogP contribution is -2.45. The van der Waals surface area contributed by atoms with Crippen LogP contribution in [-0.4, -0.2) is 43.1 Å². The maximum atomic E-state index is 14.0. The minimum Gasteiger partial charge on any atom is -0.480 e. The van der Waals surface area contributed by atoms with Crippen LogP contribution < -0.4 is 0 Å². The number of ether oxygens (including phenoxy) is 1. The number of halogens is 1. The van der Waals surface area contributed by atoms with Gasteiger partial charge in [-0.3, -0.25) is 0 Å². The van der Waals surface area contributed by atoms with Crippen LogP contribution in [0, 0.1) is 12.3 Å². The molecule has 172 valence electrons. The Labute approximate surface area is 194 Å². The highest BCUT2D eigenvalue weighted by Crippen LogP contribution is 2.46. The molecule has 3 rings (SSSR count). The Morgan fingerprint density at radius 1 is 1.12 bits per heavy atom. The lowest BCUT2D eigenvalue weighted by molar-refractivity contribution is -0.141. The second-order valence-corrected chi connectivity index (χ2v) is 11.2. The number of hydrogen-bond donors (Lipinski definition) is 1. The Kier molecular flexibility index (Phi) is 7.15. The van der Waals surface area contributed by atoms with Gasteiger partial charge >= 0.3 is 5.97 Å². The van der Waals surface area contributed by atoms with E-state index in [0.29, 0.717) is 16.2 Å². The van der Waals surface area contributed by atoms with E-state index in [1.807, 2.05) is 26.8 Å². The van der Waals surface area contributed by atoms with Crippen LogP contribution in [0.25, 0.3) is 0 Å². The largest absolute Gasteiger partial charge is 0.480 e. The van der Waals surface area contributed by atoms with Crippen LogP contribution in [0.2, 0.25) is 5.02 Å². The number of hydrogen-bond acceptors (Lipinski definition) is 4. The average Bonchev–Trinajstić information content (AvgIpc) is 3.09. The molecule has 2 atom stereocenters. The van der Waals surface area contributed by atoms with Gasteiger partial charge in [0.15, 0.2) is 0 Å². The Hall–Kier alpha value is -2.19. The molecule has 1 aliphatic rings. The summed E-state index contributed by atoms with van der Waals surface area (Å²) in [4.78, 5) is 11.2. The van der Waals surface area contributed by atoms with Gasteiger partial charge in [-0.05, 0) is 47.2 Å². The van der Waals surface area contributed by atoms with E-state index in [9.17, 15) is 13.2 Å². The second kappa shape index (κ2) is 9.35. The van der Waals surface area contributed by atoms with Gasteiger partial charge < -0.3 is 9.84 Å². The van der Waals surface area contributed by atoms with E-state index in [2.05, 4.69) is 0 Å². The number of aliphatic carboxylic acids is 1. The van der Waals surface area contributed by atoms with E-state index in [4.69, 9.17) is 21.4 Å². The third-order valence-corrected chi connectivity index (χ3v) is 7.73. The van der Waals surface area contributed by atoms with Gasteiger partial charge in [-0.1, -0.05) is 68.8 Å². The maximum Gasteiger partial charge on any atom is 0.329 e. The number of sulfonamides is 1. The van der Waals surface area contributed by atoms with Gasteiger partial charge in [0.2, 0.25) is 10.0 Å². The lowest BCUT2D eigenvalue weighted by atomic mass is 9.87. The monoisotopic (exact) mass is 477 g/mol. The van der Waals surface area contributed by atoms with Gasteiger partial charge in [-0.25, -0.2) is 13.2 Å². The van der Waals surface area contributed by atoms with Crippen LogP contribution in [-0.2, 0) is 19.6 Å². The quantitative estimate of drug-likeness (QED) is 0.577. The predicted molar refractivity (Wildman–Crippen MR) is 124 cm³/mol. The number of benzene rings is 2. The van der Waals surface area contributed by atoms with Crippen LogP contribution in [0.3, 0.4) is 0 Å². The molecule has 0 amide bonds. The van der Waals surface area contributed by atoms with Crippen molar-refractivity contribution in [3.8, 4) is 0 Å². The predicted octanol–water partition coefficient (Wildman–Crippen LogP) is 4.84. The topological polar surface area (TPSA) is 83.9 Å². The molecule has 1 N–H and O–H groups in total. The molecule has 2 aromatic carbocycles. The van der Waals surface area contributed by atoms with E-state index >= 15 is 0 Å². The fraction of sp³-hybridized carbons (Fsp3) is 0.375. The van der Waals surface area contributed by atoms with Crippen molar-refractivity contribution in [2.75, 3.05) is 13.2 Å². The van der Waals surface area contributed by atoms with Gasteiger partial charge in [0.1, 0.15) is 6.61 Å². The molecule has 6 nitrogen and oxygen atoms in total. The average molecular weight is 478 g/mol. The molecule has 8 heteroatoms. The molecule has 1 heterocycles. The molecular formula is C24H28ClNO5S. The number of nitrogens with zero attached hydrogens (tertiary/aromatic N) is 1. The molecule has 0 saturated carbocycles. The molecule has 0 aliphatic carbocycles. The van der Waals surface area contributed by atoms with E-state index in [1.54, 1.807) is 55.5 Å². The first kappa shape index (κ1) is 24.5. The van der Waals surface area contributed by atoms with Crippen molar-refractivity contribution in [2.45, 2.75) is 44.7 Å². The van der Waals surface area contributed by atoms with E-state index in [0.717, 1.165) is 5.56 Å². The number of carboxylic acids is 1. The van der Waals surface area contributed by atoms with Crippen LogP contribution in [0.5, 0.6) is 0 Å². The van der Waals surface area contributed by atoms with E-state index in [-0.39, 0.29) is 11.5 Å². The van der Waals surface area contributed by atoms with Gasteiger partial charge in [-0.2, -0.15) is 4.31 Å². The van der Waals surface area contributed by atoms with Gasteiger partial charge in [0.05, 0.1) is 17.5 Å². The van der Waals surface area contributed by atoms with Crippen molar-refractivity contribution in [3.05, 3.63) is 76.3 Å². The molecule has 1 aliphatic heterocycles. The van der Waals surface area contributed by atoms with E-state index in [1.165, 1.54) is 4.31 Å². The molecule has 0 aromatic heterocycles. The van der Waals surface area contributed by atoms with Crippen LogP contribution in [0.4, 0.5) is 0 Å². The fourth-order valence-corrected chi connectivity index (χ4v) is 6.25. The first-order valence-corrected chi connectivity index (χ1v) is 12.1. The van der Waals surface area contributed by atoms with Crippen molar-refractivity contribution < 1.29 is 23.1 Å². The Morgan fingerprint density at radius 2 is 1.75 bits per heavy atom. The maximum absolute atomic E-state index is 14.0. The molecule has 32 heavy (non-hydrogen) atoms. The van der Waals surface area contributed by atoms with Crippen molar-refractivity contribution in [3.63, 3.8) is 0 Å². The van der Waals surface area contributed by atoms with Crippen LogP contribution in [0.1, 0.15) is 37.9 Å². The summed E-state index contributed by atoms with van der Waals surface area (Å²) in [6.45, 7) is 7.26. The van der Waals surface area contributed by atoms with E-state index < -0.39 is 40.1 Å². The summed E-state index contributed by atoms with van der Waals surface area (Å²) < 4.78 is 35.0. The molecular weight excluding hydrogens is 450 g/mol. The number of rotatable bonds is 7. The molecule has 0 bridgehead atoms. The highest BCUT2D eigenvalue weighted by molar-refractivity contribution is 7.89. The zero-order valence-electron chi connectivity index (χ0n) is 18.6. The van der Waals surface area contributed by atoms with Gasteiger partial charge in [-0.15, -0.1) is 0 Å².